The summed E-state index contributed by atoms with van der Waals surface area (Å²) in [5.74, 6) is 1.48. The van der Waals surface area contributed by atoms with E-state index >= 15 is 0 Å². The molecule has 0 aliphatic carbocycles. The van der Waals surface area contributed by atoms with Crippen LogP contribution in [0.25, 0.3) is 0 Å². The zero-order valence-corrected chi connectivity index (χ0v) is 15.2. The van der Waals surface area contributed by atoms with Gasteiger partial charge < -0.3 is 14.5 Å². The molecule has 0 bridgehead atoms. The van der Waals surface area contributed by atoms with E-state index in [1.165, 1.54) is 11.3 Å². The summed E-state index contributed by atoms with van der Waals surface area (Å²) in [6, 6.07) is 16.1. The molecule has 25 heavy (non-hydrogen) atoms. The largest absolute Gasteiger partial charge is 0.497 e. The Kier molecular flexibility index (Phi) is 5.27. The Morgan fingerprint density at radius 3 is 2.04 bits per heavy atom. The standard InChI is InChI=1S/C21H26N2O2/c1-16(2)17-4-6-18(7-5-17)21(24)23-14-12-22(13-15-23)19-8-10-20(25-3)11-9-19/h4-11,16H,12-15H2,1-3H3. The molecule has 1 amide bonds. The van der Waals surface area contributed by atoms with Gasteiger partial charge in [0.15, 0.2) is 0 Å². The maximum Gasteiger partial charge on any atom is 0.253 e. The Bertz CT molecular complexity index is 700. The van der Waals surface area contributed by atoms with Crippen LogP contribution in [-0.4, -0.2) is 44.1 Å². The van der Waals surface area contributed by atoms with Crippen molar-refractivity contribution in [3.63, 3.8) is 0 Å². The number of hydrogen-bond donors (Lipinski definition) is 0. The van der Waals surface area contributed by atoms with Crippen LogP contribution in [0.5, 0.6) is 5.75 Å². The second kappa shape index (κ2) is 7.60. The van der Waals surface area contributed by atoms with E-state index in [1.54, 1.807) is 7.11 Å². The minimum absolute atomic E-state index is 0.129. The fraction of sp³-hybridized carbons (Fsp3) is 0.381. The maximum absolute atomic E-state index is 12.7. The molecule has 2 aromatic rings. The number of rotatable bonds is 4. The number of nitrogens with zero attached hydrogens (tertiary/aromatic N) is 2. The van der Waals surface area contributed by atoms with Gasteiger partial charge in [-0.15, -0.1) is 0 Å². The summed E-state index contributed by atoms with van der Waals surface area (Å²) in [6.45, 7) is 7.52. The van der Waals surface area contributed by atoms with Crippen molar-refractivity contribution in [3.8, 4) is 5.75 Å². The second-order valence-electron chi connectivity index (χ2n) is 6.75. The Balaban J connectivity index is 1.60. The first-order chi connectivity index (χ1) is 12.1. The minimum Gasteiger partial charge on any atom is -0.497 e. The third kappa shape index (κ3) is 3.95. The predicted molar refractivity (Wildman–Crippen MR) is 102 cm³/mol. The van der Waals surface area contributed by atoms with E-state index < -0.39 is 0 Å². The molecule has 0 atom stereocenters. The topological polar surface area (TPSA) is 32.8 Å². The third-order valence-corrected chi connectivity index (χ3v) is 4.83. The van der Waals surface area contributed by atoms with Crippen molar-refractivity contribution >= 4 is 11.6 Å². The zero-order chi connectivity index (χ0) is 17.8. The predicted octanol–water partition coefficient (Wildman–Crippen LogP) is 3.78. The van der Waals surface area contributed by atoms with Gasteiger partial charge in [-0.2, -0.15) is 0 Å². The van der Waals surface area contributed by atoms with E-state index in [1.807, 2.05) is 29.2 Å². The number of hydrogen-bond acceptors (Lipinski definition) is 3. The van der Waals surface area contributed by atoms with Crippen molar-refractivity contribution in [1.82, 2.24) is 4.90 Å². The van der Waals surface area contributed by atoms with Crippen LogP contribution in [0.1, 0.15) is 35.7 Å². The van der Waals surface area contributed by atoms with E-state index in [9.17, 15) is 4.79 Å². The summed E-state index contributed by atoms with van der Waals surface area (Å²) in [7, 11) is 1.67. The Morgan fingerprint density at radius 1 is 0.920 bits per heavy atom. The van der Waals surface area contributed by atoms with Gasteiger partial charge in [0.2, 0.25) is 0 Å². The number of piperazine rings is 1. The second-order valence-corrected chi connectivity index (χ2v) is 6.75. The molecule has 1 aliphatic rings. The van der Waals surface area contributed by atoms with Gasteiger partial charge in [-0.05, 0) is 47.9 Å². The van der Waals surface area contributed by atoms with Gasteiger partial charge in [0.1, 0.15) is 5.75 Å². The van der Waals surface area contributed by atoms with E-state index in [2.05, 4.69) is 43.0 Å². The molecule has 1 saturated heterocycles. The number of carbonyl (C=O) groups is 1. The molecule has 1 fully saturated rings. The summed E-state index contributed by atoms with van der Waals surface area (Å²) in [4.78, 5) is 17.0. The smallest absolute Gasteiger partial charge is 0.253 e. The highest BCUT2D eigenvalue weighted by Crippen LogP contribution is 2.21. The van der Waals surface area contributed by atoms with Crippen molar-refractivity contribution < 1.29 is 9.53 Å². The monoisotopic (exact) mass is 338 g/mol. The summed E-state index contributed by atoms with van der Waals surface area (Å²) in [5.41, 5.74) is 3.22. The van der Waals surface area contributed by atoms with Crippen LogP contribution in [0, 0.1) is 0 Å². The molecule has 4 heteroatoms. The van der Waals surface area contributed by atoms with Crippen LogP contribution in [0.2, 0.25) is 0 Å². The number of benzene rings is 2. The van der Waals surface area contributed by atoms with Crippen molar-refractivity contribution in [1.29, 1.82) is 0 Å². The van der Waals surface area contributed by atoms with E-state index in [4.69, 9.17) is 4.74 Å². The molecular formula is C21H26N2O2. The van der Waals surface area contributed by atoms with Gasteiger partial charge in [-0.3, -0.25) is 4.79 Å². The lowest BCUT2D eigenvalue weighted by Gasteiger charge is -2.36. The first-order valence-corrected chi connectivity index (χ1v) is 8.86. The Hall–Kier alpha value is -2.49. The molecule has 1 heterocycles. The maximum atomic E-state index is 12.7. The summed E-state index contributed by atoms with van der Waals surface area (Å²) < 4.78 is 5.21. The summed E-state index contributed by atoms with van der Waals surface area (Å²) >= 11 is 0. The molecule has 0 N–H and O–H groups in total. The van der Waals surface area contributed by atoms with Crippen molar-refractivity contribution in [2.45, 2.75) is 19.8 Å². The normalized spacial score (nSPS) is 14.7. The van der Waals surface area contributed by atoms with Crippen molar-refractivity contribution in [2.75, 3.05) is 38.2 Å². The van der Waals surface area contributed by atoms with Crippen molar-refractivity contribution in [2.24, 2.45) is 0 Å². The SMILES string of the molecule is COc1ccc(N2CCN(C(=O)c3ccc(C(C)C)cc3)CC2)cc1. The molecule has 3 rings (SSSR count). The Morgan fingerprint density at radius 2 is 1.52 bits per heavy atom. The number of amides is 1. The number of carbonyl (C=O) groups excluding carboxylic acids is 1. The first-order valence-electron chi connectivity index (χ1n) is 8.86. The molecule has 4 nitrogen and oxygen atoms in total. The molecular weight excluding hydrogens is 312 g/mol. The lowest BCUT2D eigenvalue weighted by molar-refractivity contribution is 0.0747. The third-order valence-electron chi connectivity index (χ3n) is 4.83. The quantitative estimate of drug-likeness (QED) is 0.850. The highest BCUT2D eigenvalue weighted by Gasteiger charge is 2.22. The minimum atomic E-state index is 0.129. The van der Waals surface area contributed by atoms with Crippen LogP contribution in [0.4, 0.5) is 5.69 Å². The summed E-state index contributed by atoms with van der Waals surface area (Å²) in [6.07, 6.45) is 0. The molecule has 0 radical (unpaired) electrons. The summed E-state index contributed by atoms with van der Waals surface area (Å²) in [5, 5.41) is 0. The number of ether oxygens (including phenoxy) is 1. The average molecular weight is 338 g/mol. The van der Waals surface area contributed by atoms with Gasteiger partial charge in [0.05, 0.1) is 7.11 Å². The van der Waals surface area contributed by atoms with Crippen molar-refractivity contribution in [3.05, 3.63) is 59.7 Å². The lowest BCUT2D eigenvalue weighted by atomic mass is 10.0. The van der Waals surface area contributed by atoms with E-state index in [0.29, 0.717) is 5.92 Å². The molecule has 0 aromatic heterocycles. The van der Waals surface area contributed by atoms with Crippen LogP contribution >= 0.6 is 0 Å². The van der Waals surface area contributed by atoms with Crippen LogP contribution < -0.4 is 9.64 Å². The Labute approximate surface area is 150 Å². The molecule has 0 spiro atoms. The average Bonchev–Trinajstić information content (AvgIpc) is 2.67. The molecule has 0 saturated carbocycles. The van der Waals surface area contributed by atoms with Crippen LogP contribution in [0.3, 0.4) is 0 Å². The zero-order valence-electron chi connectivity index (χ0n) is 15.2. The van der Waals surface area contributed by atoms with Crippen LogP contribution in [0.15, 0.2) is 48.5 Å². The molecule has 1 aliphatic heterocycles. The van der Waals surface area contributed by atoms with Gasteiger partial charge in [0.25, 0.3) is 5.91 Å². The fourth-order valence-electron chi connectivity index (χ4n) is 3.15. The lowest BCUT2D eigenvalue weighted by Crippen LogP contribution is -2.48. The van der Waals surface area contributed by atoms with Gasteiger partial charge in [0, 0.05) is 37.4 Å². The highest BCUT2D eigenvalue weighted by molar-refractivity contribution is 5.94. The molecule has 0 unspecified atom stereocenters. The number of methoxy groups -OCH3 is 1. The van der Waals surface area contributed by atoms with E-state index in [0.717, 1.165) is 37.5 Å². The molecule has 132 valence electrons. The van der Waals surface area contributed by atoms with E-state index in [-0.39, 0.29) is 5.91 Å². The van der Waals surface area contributed by atoms with Gasteiger partial charge >= 0.3 is 0 Å². The first kappa shape index (κ1) is 17.3. The van der Waals surface area contributed by atoms with Gasteiger partial charge in [-0.25, -0.2) is 0 Å². The molecule has 2 aromatic carbocycles. The fourth-order valence-corrected chi connectivity index (χ4v) is 3.15. The van der Waals surface area contributed by atoms with Crippen LogP contribution in [-0.2, 0) is 0 Å². The highest BCUT2D eigenvalue weighted by atomic mass is 16.5. The van der Waals surface area contributed by atoms with Gasteiger partial charge in [-0.1, -0.05) is 26.0 Å². The number of anilines is 1.